The van der Waals surface area contributed by atoms with Gasteiger partial charge in [0, 0.05) is 28.4 Å². The minimum atomic E-state index is 0.621. The Bertz CT molecular complexity index is 721. The topological polar surface area (TPSA) is 37.9 Å². The third kappa shape index (κ3) is 2.17. The second-order valence-corrected chi connectivity index (χ2v) is 4.61. The molecule has 96 valence electrons. The summed E-state index contributed by atoms with van der Waals surface area (Å²) >= 11 is 6.11. The van der Waals surface area contributed by atoms with E-state index in [0.717, 1.165) is 27.9 Å². The molecule has 1 N–H and O–H groups in total. The van der Waals surface area contributed by atoms with E-state index in [2.05, 4.69) is 9.97 Å². The highest BCUT2D eigenvalue weighted by Gasteiger charge is 2.11. The zero-order valence-electron chi connectivity index (χ0n) is 10.5. The van der Waals surface area contributed by atoms with E-state index in [1.54, 1.807) is 6.20 Å². The second kappa shape index (κ2) is 4.94. The molecule has 3 nitrogen and oxygen atoms in total. The van der Waals surface area contributed by atoms with Gasteiger partial charge in [-0.1, -0.05) is 11.6 Å². The van der Waals surface area contributed by atoms with Crippen molar-refractivity contribution in [3.8, 4) is 16.9 Å². The third-order valence-electron chi connectivity index (χ3n) is 2.99. The maximum atomic E-state index is 6.11. The first-order valence-electron chi connectivity index (χ1n) is 6.14. The van der Waals surface area contributed by atoms with Gasteiger partial charge < -0.3 is 9.72 Å². The van der Waals surface area contributed by atoms with Crippen LogP contribution in [0.4, 0.5) is 0 Å². The number of fused-ring (bicyclic) bond motifs is 1. The molecular weight excluding hydrogens is 260 g/mol. The van der Waals surface area contributed by atoms with Crippen LogP contribution in [-0.4, -0.2) is 16.6 Å². The third-order valence-corrected chi connectivity index (χ3v) is 3.23. The molecule has 0 bridgehead atoms. The molecule has 2 heterocycles. The van der Waals surface area contributed by atoms with Gasteiger partial charge in [-0.2, -0.15) is 0 Å². The predicted octanol–water partition coefficient (Wildman–Crippen LogP) is 4.28. The van der Waals surface area contributed by atoms with E-state index in [4.69, 9.17) is 16.3 Å². The molecule has 0 aliphatic heterocycles. The van der Waals surface area contributed by atoms with Crippen molar-refractivity contribution in [3.63, 3.8) is 0 Å². The number of nitrogens with zero attached hydrogens (tertiary/aromatic N) is 1. The Kier molecular flexibility index (Phi) is 3.13. The molecule has 3 aromatic rings. The molecular formula is C15H13ClN2O. The van der Waals surface area contributed by atoms with Crippen molar-refractivity contribution in [2.75, 3.05) is 6.61 Å². The SMILES string of the molecule is CCOc1ccc(Cl)cc1-c1ccnc2[nH]ccc12. The molecule has 0 unspecified atom stereocenters. The predicted molar refractivity (Wildman–Crippen MR) is 77.7 cm³/mol. The van der Waals surface area contributed by atoms with Crippen LogP contribution in [0.5, 0.6) is 5.75 Å². The Labute approximate surface area is 116 Å². The van der Waals surface area contributed by atoms with Crippen LogP contribution >= 0.6 is 11.6 Å². The van der Waals surface area contributed by atoms with E-state index < -0.39 is 0 Å². The number of rotatable bonds is 3. The van der Waals surface area contributed by atoms with Crippen LogP contribution in [0.25, 0.3) is 22.2 Å². The highest BCUT2D eigenvalue weighted by Crippen LogP contribution is 2.36. The van der Waals surface area contributed by atoms with Crippen molar-refractivity contribution in [1.82, 2.24) is 9.97 Å². The Morgan fingerprint density at radius 2 is 2.11 bits per heavy atom. The van der Waals surface area contributed by atoms with Gasteiger partial charge in [-0.25, -0.2) is 4.98 Å². The van der Waals surface area contributed by atoms with Crippen LogP contribution in [0.15, 0.2) is 42.7 Å². The lowest BCUT2D eigenvalue weighted by atomic mass is 10.0. The highest BCUT2D eigenvalue weighted by molar-refractivity contribution is 6.31. The maximum absolute atomic E-state index is 6.11. The molecule has 0 radical (unpaired) electrons. The van der Waals surface area contributed by atoms with E-state index in [1.165, 1.54) is 0 Å². The van der Waals surface area contributed by atoms with Crippen LogP contribution < -0.4 is 4.74 Å². The zero-order chi connectivity index (χ0) is 13.2. The molecule has 0 saturated heterocycles. The van der Waals surface area contributed by atoms with Gasteiger partial charge >= 0.3 is 0 Å². The summed E-state index contributed by atoms with van der Waals surface area (Å²) in [5.74, 6) is 0.834. The molecule has 0 fully saturated rings. The molecule has 0 aliphatic carbocycles. The van der Waals surface area contributed by atoms with Gasteiger partial charge in [-0.3, -0.25) is 0 Å². The minimum absolute atomic E-state index is 0.621. The number of H-pyrrole nitrogens is 1. The number of aromatic amines is 1. The Hall–Kier alpha value is -2.00. The molecule has 4 heteroatoms. The van der Waals surface area contributed by atoms with Gasteiger partial charge in [0.15, 0.2) is 0 Å². The van der Waals surface area contributed by atoms with Crippen LogP contribution in [0.2, 0.25) is 5.02 Å². The van der Waals surface area contributed by atoms with Gasteiger partial charge in [0.2, 0.25) is 0 Å². The summed E-state index contributed by atoms with van der Waals surface area (Å²) in [6, 6.07) is 9.65. The highest BCUT2D eigenvalue weighted by atomic mass is 35.5. The Morgan fingerprint density at radius 1 is 1.21 bits per heavy atom. The summed E-state index contributed by atoms with van der Waals surface area (Å²) in [5, 5.41) is 1.75. The van der Waals surface area contributed by atoms with E-state index >= 15 is 0 Å². The lowest BCUT2D eigenvalue weighted by Gasteiger charge is -2.11. The number of hydrogen-bond donors (Lipinski definition) is 1. The molecule has 3 rings (SSSR count). The fourth-order valence-electron chi connectivity index (χ4n) is 2.19. The first-order valence-corrected chi connectivity index (χ1v) is 6.52. The number of pyridine rings is 1. The molecule has 0 saturated carbocycles. The van der Waals surface area contributed by atoms with Crippen LogP contribution in [-0.2, 0) is 0 Å². The molecule has 19 heavy (non-hydrogen) atoms. The molecule has 1 aromatic carbocycles. The Balaban J connectivity index is 2.25. The number of aromatic nitrogens is 2. The quantitative estimate of drug-likeness (QED) is 0.773. The molecule has 0 amide bonds. The Morgan fingerprint density at radius 3 is 2.95 bits per heavy atom. The fourth-order valence-corrected chi connectivity index (χ4v) is 2.36. The summed E-state index contributed by atoms with van der Waals surface area (Å²) in [5.41, 5.74) is 2.92. The fraction of sp³-hybridized carbons (Fsp3) is 0.133. The van der Waals surface area contributed by atoms with Crippen molar-refractivity contribution in [2.24, 2.45) is 0 Å². The van der Waals surface area contributed by atoms with Gasteiger partial charge in [-0.15, -0.1) is 0 Å². The van der Waals surface area contributed by atoms with Gasteiger partial charge in [-0.05, 0) is 42.8 Å². The standard InChI is InChI=1S/C15H13ClN2O/c1-2-19-14-4-3-10(16)9-13(14)11-5-7-17-15-12(11)6-8-18-15/h3-9H,2H2,1H3,(H,17,18). The van der Waals surface area contributed by atoms with Crippen molar-refractivity contribution in [3.05, 3.63) is 47.7 Å². The first-order chi connectivity index (χ1) is 9.29. The van der Waals surface area contributed by atoms with Crippen molar-refractivity contribution in [2.45, 2.75) is 6.92 Å². The maximum Gasteiger partial charge on any atom is 0.137 e. The number of halogens is 1. The van der Waals surface area contributed by atoms with E-state index in [0.29, 0.717) is 11.6 Å². The normalized spacial score (nSPS) is 10.8. The van der Waals surface area contributed by atoms with Gasteiger partial charge in [0.25, 0.3) is 0 Å². The number of hydrogen-bond acceptors (Lipinski definition) is 2. The average Bonchev–Trinajstić information content (AvgIpc) is 2.89. The lowest BCUT2D eigenvalue weighted by Crippen LogP contribution is -1.94. The summed E-state index contributed by atoms with van der Waals surface area (Å²) < 4.78 is 5.68. The summed E-state index contributed by atoms with van der Waals surface area (Å²) in [4.78, 5) is 7.41. The van der Waals surface area contributed by atoms with Crippen LogP contribution in [0, 0.1) is 0 Å². The molecule has 0 aliphatic rings. The van der Waals surface area contributed by atoms with E-state index in [1.807, 2.05) is 43.5 Å². The first kappa shape index (κ1) is 12.1. The van der Waals surface area contributed by atoms with E-state index in [-0.39, 0.29) is 0 Å². The lowest BCUT2D eigenvalue weighted by molar-refractivity contribution is 0.341. The smallest absolute Gasteiger partial charge is 0.137 e. The van der Waals surface area contributed by atoms with Crippen LogP contribution in [0.3, 0.4) is 0 Å². The van der Waals surface area contributed by atoms with Crippen molar-refractivity contribution in [1.29, 1.82) is 0 Å². The number of ether oxygens (including phenoxy) is 1. The second-order valence-electron chi connectivity index (χ2n) is 4.17. The van der Waals surface area contributed by atoms with Crippen molar-refractivity contribution >= 4 is 22.6 Å². The van der Waals surface area contributed by atoms with Gasteiger partial charge in [0.05, 0.1) is 6.61 Å². The average molecular weight is 273 g/mol. The summed E-state index contributed by atoms with van der Waals surface area (Å²) in [6.07, 6.45) is 3.66. The molecule has 2 aromatic heterocycles. The largest absolute Gasteiger partial charge is 0.493 e. The number of nitrogens with one attached hydrogen (secondary N) is 1. The minimum Gasteiger partial charge on any atom is -0.493 e. The monoisotopic (exact) mass is 272 g/mol. The van der Waals surface area contributed by atoms with E-state index in [9.17, 15) is 0 Å². The van der Waals surface area contributed by atoms with Crippen LogP contribution in [0.1, 0.15) is 6.92 Å². The number of benzene rings is 1. The summed E-state index contributed by atoms with van der Waals surface area (Å²) in [7, 11) is 0. The van der Waals surface area contributed by atoms with Gasteiger partial charge in [0.1, 0.15) is 11.4 Å². The summed E-state index contributed by atoms with van der Waals surface area (Å²) in [6.45, 7) is 2.59. The molecule has 0 spiro atoms. The molecule has 0 atom stereocenters. The van der Waals surface area contributed by atoms with Crippen molar-refractivity contribution < 1.29 is 4.74 Å². The zero-order valence-corrected chi connectivity index (χ0v) is 11.2.